The highest BCUT2D eigenvalue weighted by Crippen LogP contribution is 2.31. The summed E-state index contributed by atoms with van der Waals surface area (Å²) >= 11 is 0. The normalized spacial score (nSPS) is 22.6. The van der Waals surface area contributed by atoms with Crippen LogP contribution in [0.25, 0.3) is 0 Å². The van der Waals surface area contributed by atoms with E-state index in [1.165, 1.54) is 6.42 Å². The highest BCUT2D eigenvalue weighted by Gasteiger charge is 2.33. The summed E-state index contributed by atoms with van der Waals surface area (Å²) in [7, 11) is 0. The predicted octanol–water partition coefficient (Wildman–Crippen LogP) is 3.59. The lowest BCUT2D eigenvalue weighted by Gasteiger charge is -2.29. The zero-order valence-electron chi connectivity index (χ0n) is 15.5. The molecular weight excluding hydrogens is 302 g/mol. The third kappa shape index (κ3) is 4.35. The summed E-state index contributed by atoms with van der Waals surface area (Å²) in [5, 5.41) is 13.6. The Balaban J connectivity index is 1.94. The van der Waals surface area contributed by atoms with Gasteiger partial charge < -0.3 is 10.4 Å². The Hall–Kier alpha value is -1.42. The summed E-state index contributed by atoms with van der Waals surface area (Å²) < 4.78 is 0. The number of hydrogen-bond acceptors (Lipinski definition) is 3. The maximum atomic E-state index is 12.4. The monoisotopic (exact) mass is 333 g/mol. The van der Waals surface area contributed by atoms with Crippen LogP contribution in [0.5, 0.6) is 0 Å². The lowest BCUT2D eigenvalue weighted by atomic mass is 9.83. The molecule has 0 saturated heterocycles. The number of aliphatic hydroxyl groups is 1. The van der Waals surface area contributed by atoms with Crippen molar-refractivity contribution in [1.82, 2.24) is 5.32 Å². The van der Waals surface area contributed by atoms with E-state index in [1.807, 2.05) is 20.8 Å². The molecule has 1 saturated carbocycles. The van der Waals surface area contributed by atoms with Crippen molar-refractivity contribution in [3.8, 4) is 0 Å². The second-order valence-corrected chi connectivity index (χ2v) is 7.72. The van der Waals surface area contributed by atoms with E-state index in [0.717, 1.165) is 54.4 Å². The van der Waals surface area contributed by atoms with Crippen molar-refractivity contribution in [2.45, 2.75) is 90.7 Å². The van der Waals surface area contributed by atoms with Crippen LogP contribution in [-0.4, -0.2) is 28.4 Å². The van der Waals surface area contributed by atoms with Gasteiger partial charge in [-0.3, -0.25) is 9.59 Å². The van der Waals surface area contributed by atoms with E-state index in [9.17, 15) is 14.7 Å². The van der Waals surface area contributed by atoms with Gasteiger partial charge in [0.15, 0.2) is 5.78 Å². The molecule has 134 valence electrons. The Bertz CT molecular complexity index is 578. The van der Waals surface area contributed by atoms with Crippen molar-refractivity contribution in [2.24, 2.45) is 0 Å². The van der Waals surface area contributed by atoms with Crippen molar-refractivity contribution >= 4 is 11.7 Å². The van der Waals surface area contributed by atoms with Gasteiger partial charge in [-0.05, 0) is 70.9 Å². The minimum atomic E-state index is -1.39. The molecule has 2 N–H and O–H groups in total. The maximum absolute atomic E-state index is 12.4. The van der Waals surface area contributed by atoms with E-state index in [4.69, 9.17) is 0 Å². The van der Waals surface area contributed by atoms with Gasteiger partial charge in [0.25, 0.3) is 5.91 Å². The van der Waals surface area contributed by atoms with E-state index in [0.29, 0.717) is 12.8 Å². The number of nitrogens with one attached hydrogen (secondary N) is 1. The molecule has 2 rings (SSSR count). The molecule has 0 aromatic heterocycles. The number of hydrogen-bond donors (Lipinski definition) is 2. The van der Waals surface area contributed by atoms with Crippen LogP contribution in [0.1, 0.15) is 79.1 Å². The van der Waals surface area contributed by atoms with Gasteiger partial charge in [0.2, 0.25) is 0 Å². The minimum Gasteiger partial charge on any atom is -0.380 e. The minimum absolute atomic E-state index is 0.0973. The van der Waals surface area contributed by atoms with Gasteiger partial charge in [-0.2, -0.15) is 0 Å². The van der Waals surface area contributed by atoms with Crippen LogP contribution >= 0.6 is 0 Å². The number of rotatable bonds is 5. The summed E-state index contributed by atoms with van der Waals surface area (Å²) in [6, 6.07) is 0.197. The molecular formula is C20H31NO3. The maximum Gasteiger partial charge on any atom is 0.251 e. The first-order valence-electron chi connectivity index (χ1n) is 9.15. The molecule has 0 aromatic rings. The second-order valence-electron chi connectivity index (χ2n) is 7.72. The fraction of sp³-hybridized carbons (Fsp3) is 0.700. The van der Waals surface area contributed by atoms with Gasteiger partial charge in [-0.15, -0.1) is 0 Å². The molecule has 2 aliphatic rings. The van der Waals surface area contributed by atoms with Crippen molar-refractivity contribution in [2.75, 3.05) is 0 Å². The molecule has 0 spiro atoms. The van der Waals surface area contributed by atoms with Gasteiger partial charge in [-0.1, -0.05) is 30.4 Å². The molecule has 1 atom stereocenters. The van der Waals surface area contributed by atoms with Gasteiger partial charge in [-0.25, -0.2) is 0 Å². The van der Waals surface area contributed by atoms with Gasteiger partial charge in [0.05, 0.1) is 0 Å². The van der Waals surface area contributed by atoms with Gasteiger partial charge in [0.1, 0.15) is 5.60 Å². The molecule has 0 bridgehead atoms. The smallest absolute Gasteiger partial charge is 0.251 e. The van der Waals surface area contributed by atoms with Crippen molar-refractivity contribution in [1.29, 1.82) is 0 Å². The quantitative estimate of drug-likeness (QED) is 0.808. The molecule has 24 heavy (non-hydrogen) atoms. The van der Waals surface area contributed by atoms with Crippen LogP contribution in [0.15, 0.2) is 22.3 Å². The van der Waals surface area contributed by atoms with E-state index < -0.39 is 5.60 Å². The zero-order chi connectivity index (χ0) is 17.9. The first kappa shape index (κ1) is 18.9. The third-order valence-corrected chi connectivity index (χ3v) is 5.67. The predicted molar refractivity (Wildman–Crippen MR) is 95.6 cm³/mol. The van der Waals surface area contributed by atoms with E-state index in [1.54, 1.807) is 6.92 Å². The highest BCUT2D eigenvalue weighted by molar-refractivity contribution is 6.09. The van der Waals surface area contributed by atoms with Crippen LogP contribution < -0.4 is 5.32 Å². The van der Waals surface area contributed by atoms with Crippen molar-refractivity contribution in [3.63, 3.8) is 0 Å². The third-order valence-electron chi connectivity index (χ3n) is 5.67. The highest BCUT2D eigenvalue weighted by atomic mass is 16.3. The first-order chi connectivity index (χ1) is 11.2. The SMILES string of the molecule is CC1=C(C)C(=O)C(C)=C(CCC(C)(O)C(=O)NC2CCCCC2)C1. The number of allylic oxidation sites excluding steroid dienone is 4. The fourth-order valence-electron chi connectivity index (χ4n) is 3.59. The number of carbonyl (C=O) groups excluding carboxylic acids is 2. The number of carbonyl (C=O) groups is 2. The Labute approximate surface area is 145 Å². The van der Waals surface area contributed by atoms with Crippen LogP contribution in [-0.2, 0) is 9.59 Å². The number of amides is 1. The van der Waals surface area contributed by atoms with Crippen LogP contribution in [0.4, 0.5) is 0 Å². The van der Waals surface area contributed by atoms with Crippen LogP contribution in [0.3, 0.4) is 0 Å². The lowest BCUT2D eigenvalue weighted by Crippen LogP contribution is -2.49. The van der Waals surface area contributed by atoms with Gasteiger partial charge in [0, 0.05) is 6.04 Å². The average Bonchev–Trinajstić information content (AvgIpc) is 2.56. The summed E-state index contributed by atoms with van der Waals surface area (Å²) in [5.41, 5.74) is 2.36. The number of ketones is 1. The largest absolute Gasteiger partial charge is 0.380 e. The van der Waals surface area contributed by atoms with E-state index in [-0.39, 0.29) is 17.7 Å². The Morgan fingerprint density at radius 1 is 1.17 bits per heavy atom. The van der Waals surface area contributed by atoms with Crippen LogP contribution in [0, 0.1) is 0 Å². The molecule has 0 heterocycles. The molecule has 1 unspecified atom stereocenters. The van der Waals surface area contributed by atoms with Crippen LogP contribution in [0.2, 0.25) is 0 Å². The second kappa shape index (κ2) is 7.64. The topological polar surface area (TPSA) is 66.4 Å². The Morgan fingerprint density at radius 2 is 1.79 bits per heavy atom. The first-order valence-corrected chi connectivity index (χ1v) is 9.15. The summed E-state index contributed by atoms with van der Waals surface area (Å²) in [4.78, 5) is 24.6. The summed E-state index contributed by atoms with van der Waals surface area (Å²) in [6.45, 7) is 7.28. The molecule has 0 aromatic carbocycles. The molecule has 1 amide bonds. The van der Waals surface area contributed by atoms with Crippen molar-refractivity contribution < 1.29 is 14.7 Å². The molecule has 1 fully saturated rings. The van der Waals surface area contributed by atoms with E-state index >= 15 is 0 Å². The van der Waals surface area contributed by atoms with Crippen molar-refractivity contribution in [3.05, 3.63) is 22.3 Å². The molecule has 0 radical (unpaired) electrons. The fourth-order valence-corrected chi connectivity index (χ4v) is 3.59. The standard InChI is InChI=1S/C20H31NO3/c1-13-12-16(15(3)18(22)14(13)2)10-11-20(4,24)19(23)21-17-8-6-5-7-9-17/h17,24H,5-12H2,1-4H3,(H,21,23). The lowest BCUT2D eigenvalue weighted by molar-refractivity contribution is -0.139. The van der Waals surface area contributed by atoms with E-state index in [2.05, 4.69) is 5.32 Å². The Kier molecular flexibility index (Phi) is 6.02. The average molecular weight is 333 g/mol. The zero-order valence-corrected chi connectivity index (χ0v) is 15.5. The number of Topliss-reactive ketones (excluding diaryl/α,β-unsaturated/α-hetero) is 1. The molecule has 0 aliphatic heterocycles. The van der Waals surface area contributed by atoms with Gasteiger partial charge >= 0.3 is 0 Å². The summed E-state index contributed by atoms with van der Waals surface area (Å²) in [5.74, 6) is -0.182. The molecule has 2 aliphatic carbocycles. The Morgan fingerprint density at radius 3 is 2.42 bits per heavy atom. The molecule has 4 nitrogen and oxygen atoms in total. The molecule has 4 heteroatoms. The summed E-state index contributed by atoms with van der Waals surface area (Å²) in [6.07, 6.45) is 7.22.